The molecule has 1 aliphatic rings. The zero-order chi connectivity index (χ0) is 14.7. The van der Waals surface area contributed by atoms with Gasteiger partial charge in [-0.3, -0.25) is 10.3 Å². The van der Waals surface area contributed by atoms with Gasteiger partial charge in [-0.1, -0.05) is 6.07 Å². The minimum Gasteiger partial charge on any atom is -0.496 e. The van der Waals surface area contributed by atoms with Crippen molar-refractivity contribution in [3.05, 3.63) is 29.3 Å². The molecule has 0 bridgehead atoms. The Bertz CT molecular complexity index is 490. The van der Waals surface area contributed by atoms with E-state index in [-0.39, 0.29) is 11.9 Å². The van der Waals surface area contributed by atoms with E-state index in [4.69, 9.17) is 20.6 Å². The van der Waals surface area contributed by atoms with E-state index < -0.39 is 0 Å². The molecule has 0 saturated carbocycles. The van der Waals surface area contributed by atoms with Gasteiger partial charge in [0.15, 0.2) is 0 Å². The number of nitrogens with one attached hydrogen (secondary N) is 1. The van der Waals surface area contributed by atoms with Crippen LogP contribution in [0.1, 0.15) is 24.5 Å². The fourth-order valence-corrected chi connectivity index (χ4v) is 2.77. The molecule has 1 aromatic rings. The number of hydrogen-bond acceptors (Lipinski definition) is 4. The van der Waals surface area contributed by atoms with Crippen molar-refractivity contribution in [2.45, 2.75) is 32.0 Å². The average molecular weight is 277 g/mol. The number of methoxy groups -OCH3 is 1. The van der Waals surface area contributed by atoms with E-state index in [0.717, 1.165) is 25.1 Å². The lowest BCUT2D eigenvalue weighted by Gasteiger charge is -2.26. The molecule has 0 aliphatic carbocycles. The first-order valence-corrected chi connectivity index (χ1v) is 6.86. The highest BCUT2D eigenvalue weighted by Crippen LogP contribution is 2.23. The van der Waals surface area contributed by atoms with E-state index in [1.807, 2.05) is 18.2 Å². The first-order valence-electron chi connectivity index (χ1n) is 6.86. The third-order valence-electron chi connectivity index (χ3n) is 3.89. The Morgan fingerprint density at radius 3 is 2.85 bits per heavy atom. The number of nitrogen functional groups attached to an aromatic ring is 1. The Labute approximate surface area is 120 Å². The summed E-state index contributed by atoms with van der Waals surface area (Å²) in [6.07, 6.45) is 1.33. The summed E-state index contributed by atoms with van der Waals surface area (Å²) in [4.78, 5) is 2.30. The van der Waals surface area contributed by atoms with Crippen LogP contribution in [0.25, 0.3) is 0 Å². The lowest BCUT2D eigenvalue weighted by Crippen LogP contribution is -2.36. The van der Waals surface area contributed by atoms with Gasteiger partial charge in [0.1, 0.15) is 11.6 Å². The minimum absolute atomic E-state index is 0.0314. The van der Waals surface area contributed by atoms with Crippen molar-refractivity contribution in [2.24, 2.45) is 5.73 Å². The van der Waals surface area contributed by atoms with Gasteiger partial charge in [0.25, 0.3) is 0 Å². The van der Waals surface area contributed by atoms with Crippen LogP contribution in [0.4, 0.5) is 0 Å². The number of ether oxygens (including phenoxy) is 2. The molecule has 5 heteroatoms. The Morgan fingerprint density at radius 2 is 2.30 bits per heavy atom. The van der Waals surface area contributed by atoms with Crippen molar-refractivity contribution in [3.63, 3.8) is 0 Å². The molecule has 1 fully saturated rings. The van der Waals surface area contributed by atoms with Gasteiger partial charge in [-0.2, -0.15) is 0 Å². The SMILES string of the molecule is COc1ccc(CN(C)C2CCOC2C)cc1C(=N)N. The van der Waals surface area contributed by atoms with Gasteiger partial charge in [-0.15, -0.1) is 0 Å². The highest BCUT2D eigenvalue weighted by molar-refractivity contribution is 5.97. The molecule has 1 aliphatic heterocycles. The van der Waals surface area contributed by atoms with E-state index in [9.17, 15) is 0 Å². The molecule has 0 amide bonds. The molecule has 2 rings (SSSR count). The van der Waals surface area contributed by atoms with Crippen LogP contribution in [0.3, 0.4) is 0 Å². The highest BCUT2D eigenvalue weighted by atomic mass is 16.5. The molecule has 1 heterocycles. The maximum absolute atomic E-state index is 7.62. The first-order chi connectivity index (χ1) is 9.52. The molecule has 5 nitrogen and oxygen atoms in total. The molecule has 2 unspecified atom stereocenters. The van der Waals surface area contributed by atoms with Gasteiger partial charge in [0, 0.05) is 19.2 Å². The van der Waals surface area contributed by atoms with E-state index >= 15 is 0 Å². The summed E-state index contributed by atoms with van der Waals surface area (Å²) in [6.45, 7) is 3.75. The number of rotatable bonds is 5. The molecule has 3 N–H and O–H groups in total. The number of amidine groups is 1. The summed E-state index contributed by atoms with van der Waals surface area (Å²) in [7, 11) is 3.69. The van der Waals surface area contributed by atoms with E-state index in [0.29, 0.717) is 17.4 Å². The molecule has 110 valence electrons. The number of nitrogens with two attached hydrogens (primary N) is 1. The molecule has 0 spiro atoms. The van der Waals surface area contributed by atoms with Crippen LogP contribution in [0.2, 0.25) is 0 Å². The molecule has 20 heavy (non-hydrogen) atoms. The second-order valence-electron chi connectivity index (χ2n) is 5.30. The Morgan fingerprint density at radius 1 is 1.55 bits per heavy atom. The van der Waals surface area contributed by atoms with Gasteiger partial charge in [0.05, 0.1) is 18.8 Å². The lowest BCUT2D eigenvalue weighted by molar-refractivity contribution is 0.0814. The topological polar surface area (TPSA) is 71.6 Å². The molecular weight excluding hydrogens is 254 g/mol. The van der Waals surface area contributed by atoms with Crippen LogP contribution in [0.15, 0.2) is 18.2 Å². The molecule has 1 saturated heterocycles. The van der Waals surface area contributed by atoms with Crippen LogP contribution in [0.5, 0.6) is 5.75 Å². The normalized spacial score (nSPS) is 22.2. The van der Waals surface area contributed by atoms with Crippen LogP contribution in [-0.4, -0.2) is 43.6 Å². The maximum atomic E-state index is 7.62. The van der Waals surface area contributed by atoms with Crippen molar-refractivity contribution in [2.75, 3.05) is 20.8 Å². The molecule has 1 aromatic carbocycles. The zero-order valence-electron chi connectivity index (χ0n) is 12.3. The smallest absolute Gasteiger partial charge is 0.129 e. The number of nitrogens with zero attached hydrogens (tertiary/aromatic N) is 1. The summed E-state index contributed by atoms with van der Waals surface area (Å²) in [5.41, 5.74) is 7.37. The summed E-state index contributed by atoms with van der Waals surface area (Å²) >= 11 is 0. The summed E-state index contributed by atoms with van der Waals surface area (Å²) < 4.78 is 10.8. The number of likely N-dealkylation sites (N-methyl/N-ethyl adjacent to an activating group) is 1. The van der Waals surface area contributed by atoms with Gasteiger partial charge in [0.2, 0.25) is 0 Å². The molecule has 0 radical (unpaired) electrons. The monoisotopic (exact) mass is 277 g/mol. The number of hydrogen-bond donors (Lipinski definition) is 2. The number of benzene rings is 1. The van der Waals surface area contributed by atoms with Crippen LogP contribution < -0.4 is 10.5 Å². The third kappa shape index (κ3) is 3.11. The largest absolute Gasteiger partial charge is 0.496 e. The van der Waals surface area contributed by atoms with Crippen LogP contribution >= 0.6 is 0 Å². The first kappa shape index (κ1) is 14.8. The predicted octanol–water partition coefficient (Wildman–Crippen LogP) is 1.59. The van der Waals surface area contributed by atoms with Crippen molar-refractivity contribution in [1.29, 1.82) is 5.41 Å². The van der Waals surface area contributed by atoms with Gasteiger partial charge < -0.3 is 15.2 Å². The van der Waals surface area contributed by atoms with Crippen molar-refractivity contribution >= 4 is 5.84 Å². The maximum Gasteiger partial charge on any atom is 0.129 e. The zero-order valence-corrected chi connectivity index (χ0v) is 12.3. The summed E-state index contributed by atoms with van der Waals surface area (Å²) in [5.74, 6) is 0.672. The molecular formula is C15H23N3O2. The van der Waals surface area contributed by atoms with Crippen molar-refractivity contribution in [3.8, 4) is 5.75 Å². The van der Waals surface area contributed by atoms with Crippen molar-refractivity contribution in [1.82, 2.24) is 4.90 Å². The molecule has 0 aromatic heterocycles. The summed E-state index contributed by atoms with van der Waals surface area (Å²) in [6, 6.07) is 6.26. The van der Waals surface area contributed by atoms with E-state index in [2.05, 4.69) is 18.9 Å². The van der Waals surface area contributed by atoms with Crippen LogP contribution in [-0.2, 0) is 11.3 Å². The van der Waals surface area contributed by atoms with Gasteiger partial charge in [-0.25, -0.2) is 0 Å². The standard InChI is InChI=1S/C15H23N3O2/c1-10-13(6-7-20-10)18(2)9-11-4-5-14(19-3)12(8-11)15(16)17/h4-5,8,10,13H,6-7,9H2,1-3H3,(H3,16,17). The predicted molar refractivity (Wildman–Crippen MR) is 79.3 cm³/mol. The Balaban J connectivity index is 2.13. The fraction of sp³-hybridized carbons (Fsp3) is 0.533. The fourth-order valence-electron chi connectivity index (χ4n) is 2.77. The second-order valence-corrected chi connectivity index (χ2v) is 5.30. The quantitative estimate of drug-likeness (QED) is 0.633. The Kier molecular flexibility index (Phi) is 4.62. The summed E-state index contributed by atoms with van der Waals surface area (Å²) in [5, 5.41) is 7.62. The third-order valence-corrected chi connectivity index (χ3v) is 3.89. The van der Waals surface area contributed by atoms with Gasteiger partial charge >= 0.3 is 0 Å². The Hall–Kier alpha value is -1.59. The molecule has 2 atom stereocenters. The minimum atomic E-state index is 0.0314. The lowest BCUT2D eigenvalue weighted by atomic mass is 10.1. The second kappa shape index (κ2) is 6.24. The van der Waals surface area contributed by atoms with Crippen LogP contribution in [0, 0.1) is 5.41 Å². The van der Waals surface area contributed by atoms with Gasteiger partial charge in [-0.05, 0) is 38.1 Å². The van der Waals surface area contributed by atoms with Crippen molar-refractivity contribution < 1.29 is 9.47 Å². The highest BCUT2D eigenvalue weighted by Gasteiger charge is 2.27. The van der Waals surface area contributed by atoms with E-state index in [1.165, 1.54) is 0 Å². The average Bonchev–Trinajstić information content (AvgIpc) is 2.85. The van der Waals surface area contributed by atoms with E-state index in [1.54, 1.807) is 7.11 Å².